The molecule has 1 aliphatic rings. The van der Waals surface area contributed by atoms with Gasteiger partial charge in [-0.15, -0.1) is 0 Å². The van der Waals surface area contributed by atoms with Crippen molar-refractivity contribution >= 4 is 16.7 Å². The van der Waals surface area contributed by atoms with Crippen LogP contribution in [0.25, 0.3) is 22.0 Å². The monoisotopic (exact) mass is 413 g/mol. The van der Waals surface area contributed by atoms with E-state index in [2.05, 4.69) is 0 Å². The zero-order valence-electron chi connectivity index (χ0n) is 17.0. The SMILES string of the molecule is CC(=O)c1cc(CCc2ccc(F)cc2)nc2ccc(-c3ccc4c(c3)OCO4)cc12. The number of carbonyl (C=O) groups is 1. The highest BCUT2D eigenvalue weighted by molar-refractivity contribution is 6.07. The summed E-state index contributed by atoms with van der Waals surface area (Å²) in [5.41, 5.74) is 5.28. The largest absolute Gasteiger partial charge is 0.454 e. The molecule has 0 fully saturated rings. The molecule has 0 aliphatic carbocycles. The van der Waals surface area contributed by atoms with Crippen LogP contribution < -0.4 is 9.47 Å². The Morgan fingerprint density at radius 3 is 2.45 bits per heavy atom. The van der Waals surface area contributed by atoms with Gasteiger partial charge >= 0.3 is 0 Å². The second-order valence-corrected chi connectivity index (χ2v) is 7.64. The third-order valence-electron chi connectivity index (χ3n) is 5.53. The third kappa shape index (κ3) is 3.87. The lowest BCUT2D eigenvalue weighted by atomic mass is 9.97. The van der Waals surface area contributed by atoms with E-state index in [1.165, 1.54) is 12.1 Å². The van der Waals surface area contributed by atoms with E-state index < -0.39 is 0 Å². The summed E-state index contributed by atoms with van der Waals surface area (Å²) < 4.78 is 24.0. The summed E-state index contributed by atoms with van der Waals surface area (Å²) in [4.78, 5) is 17.2. The van der Waals surface area contributed by atoms with Gasteiger partial charge in [-0.2, -0.15) is 0 Å². The summed E-state index contributed by atoms with van der Waals surface area (Å²) in [5, 5.41) is 0.827. The minimum Gasteiger partial charge on any atom is -0.454 e. The van der Waals surface area contributed by atoms with Gasteiger partial charge in [0.25, 0.3) is 0 Å². The molecular weight excluding hydrogens is 393 g/mol. The van der Waals surface area contributed by atoms with Crippen molar-refractivity contribution in [1.82, 2.24) is 4.98 Å². The van der Waals surface area contributed by atoms with Crippen LogP contribution in [0, 0.1) is 5.82 Å². The molecule has 0 spiro atoms. The number of ketones is 1. The van der Waals surface area contributed by atoms with Crippen LogP contribution in [0.2, 0.25) is 0 Å². The van der Waals surface area contributed by atoms with Gasteiger partial charge in [0.15, 0.2) is 17.3 Å². The van der Waals surface area contributed by atoms with E-state index in [-0.39, 0.29) is 18.4 Å². The van der Waals surface area contributed by atoms with Crippen molar-refractivity contribution in [2.75, 3.05) is 6.79 Å². The first-order chi connectivity index (χ1) is 15.1. The molecule has 0 unspecified atom stereocenters. The lowest BCUT2D eigenvalue weighted by Gasteiger charge is -2.10. The van der Waals surface area contributed by atoms with Crippen LogP contribution in [0.3, 0.4) is 0 Å². The number of hydrogen-bond donors (Lipinski definition) is 0. The van der Waals surface area contributed by atoms with Gasteiger partial charge in [-0.25, -0.2) is 4.39 Å². The average Bonchev–Trinajstić information content (AvgIpc) is 3.25. The first-order valence-electron chi connectivity index (χ1n) is 10.2. The van der Waals surface area contributed by atoms with Gasteiger partial charge in [0.2, 0.25) is 6.79 Å². The molecular formula is C26H20FNO3. The van der Waals surface area contributed by atoms with Crippen LogP contribution in [0.5, 0.6) is 11.5 Å². The molecule has 31 heavy (non-hydrogen) atoms. The molecule has 5 rings (SSSR count). The van der Waals surface area contributed by atoms with Gasteiger partial charge in [0, 0.05) is 16.6 Å². The van der Waals surface area contributed by atoms with Crippen LogP contribution in [-0.4, -0.2) is 17.6 Å². The van der Waals surface area contributed by atoms with E-state index in [1.54, 1.807) is 19.1 Å². The zero-order valence-corrected chi connectivity index (χ0v) is 17.0. The van der Waals surface area contributed by atoms with Crippen molar-refractivity contribution in [1.29, 1.82) is 0 Å². The molecule has 0 atom stereocenters. The molecule has 0 saturated carbocycles. The number of ether oxygens (including phenoxy) is 2. The Bertz CT molecular complexity index is 1300. The summed E-state index contributed by atoms with van der Waals surface area (Å²) in [6, 6.07) is 20.1. The summed E-state index contributed by atoms with van der Waals surface area (Å²) in [7, 11) is 0. The number of hydrogen-bond acceptors (Lipinski definition) is 4. The van der Waals surface area contributed by atoms with Crippen LogP contribution in [0.1, 0.15) is 28.5 Å². The molecule has 4 nitrogen and oxygen atoms in total. The Balaban J connectivity index is 1.49. The quantitative estimate of drug-likeness (QED) is 0.391. The molecule has 0 amide bonds. The topological polar surface area (TPSA) is 48.4 Å². The minimum absolute atomic E-state index is 0.00160. The molecule has 3 aromatic carbocycles. The number of aromatic nitrogens is 1. The van der Waals surface area contributed by atoms with Gasteiger partial charge in [-0.1, -0.05) is 24.3 Å². The van der Waals surface area contributed by atoms with Crippen molar-refractivity contribution in [3.05, 3.63) is 89.4 Å². The van der Waals surface area contributed by atoms with Crippen LogP contribution >= 0.6 is 0 Å². The number of pyridine rings is 1. The standard InChI is InChI=1S/C26H20FNO3/c1-16(29)22-14-21(9-4-17-2-7-20(27)8-3-17)28-24-10-5-18(12-23(22)24)19-6-11-25-26(13-19)31-15-30-25/h2-3,5-8,10-14H,4,9,15H2,1H3. The molecule has 0 N–H and O–H groups in total. The highest BCUT2D eigenvalue weighted by Gasteiger charge is 2.15. The van der Waals surface area contributed by atoms with Crippen LogP contribution in [0.15, 0.2) is 66.7 Å². The first kappa shape index (κ1) is 19.2. The fourth-order valence-electron chi connectivity index (χ4n) is 3.88. The van der Waals surface area contributed by atoms with Crippen molar-refractivity contribution in [2.24, 2.45) is 0 Å². The number of fused-ring (bicyclic) bond motifs is 2. The normalized spacial score (nSPS) is 12.3. The van der Waals surface area contributed by atoms with Gasteiger partial charge in [0.05, 0.1) is 5.52 Å². The molecule has 1 aromatic heterocycles. The van der Waals surface area contributed by atoms with E-state index in [0.717, 1.165) is 51.2 Å². The van der Waals surface area contributed by atoms with E-state index in [1.807, 2.05) is 42.5 Å². The summed E-state index contributed by atoms with van der Waals surface area (Å²) in [6.07, 6.45) is 1.40. The molecule has 0 radical (unpaired) electrons. The predicted octanol–water partition coefficient (Wildman–Crippen LogP) is 5.76. The second-order valence-electron chi connectivity index (χ2n) is 7.64. The van der Waals surface area contributed by atoms with Gasteiger partial charge < -0.3 is 9.47 Å². The fourth-order valence-corrected chi connectivity index (χ4v) is 3.88. The molecule has 1 aliphatic heterocycles. The Hall–Kier alpha value is -3.73. The summed E-state index contributed by atoms with van der Waals surface area (Å²) >= 11 is 0. The molecule has 2 heterocycles. The second kappa shape index (κ2) is 7.84. The van der Waals surface area contributed by atoms with Gasteiger partial charge in [-0.05, 0) is 78.9 Å². The van der Waals surface area contributed by atoms with E-state index in [9.17, 15) is 9.18 Å². The predicted molar refractivity (Wildman–Crippen MR) is 117 cm³/mol. The van der Waals surface area contributed by atoms with E-state index in [4.69, 9.17) is 14.5 Å². The highest BCUT2D eigenvalue weighted by Crippen LogP contribution is 2.36. The van der Waals surface area contributed by atoms with Gasteiger partial charge in [0.1, 0.15) is 5.82 Å². The Morgan fingerprint density at radius 2 is 1.65 bits per heavy atom. The van der Waals surface area contributed by atoms with E-state index in [0.29, 0.717) is 12.0 Å². The van der Waals surface area contributed by atoms with Crippen LogP contribution in [0.4, 0.5) is 4.39 Å². The lowest BCUT2D eigenvalue weighted by molar-refractivity contribution is 0.101. The Morgan fingerprint density at radius 1 is 0.903 bits per heavy atom. The number of carbonyl (C=O) groups excluding carboxylic acids is 1. The van der Waals surface area contributed by atoms with Crippen molar-refractivity contribution in [3.8, 4) is 22.6 Å². The Labute approximate surface area is 179 Å². The highest BCUT2D eigenvalue weighted by atomic mass is 19.1. The van der Waals surface area contributed by atoms with E-state index >= 15 is 0 Å². The average molecular weight is 413 g/mol. The smallest absolute Gasteiger partial charge is 0.231 e. The fraction of sp³-hybridized carbons (Fsp3) is 0.154. The van der Waals surface area contributed by atoms with Gasteiger partial charge in [-0.3, -0.25) is 9.78 Å². The zero-order chi connectivity index (χ0) is 21.4. The number of aryl methyl sites for hydroxylation is 2. The van der Waals surface area contributed by atoms with Crippen molar-refractivity contribution in [3.63, 3.8) is 0 Å². The first-order valence-corrected chi connectivity index (χ1v) is 10.2. The molecule has 4 aromatic rings. The number of nitrogens with zero attached hydrogens (tertiary/aromatic N) is 1. The number of Topliss-reactive ketones (excluding diaryl/α,β-unsaturated/α-hetero) is 1. The molecule has 0 bridgehead atoms. The Kier molecular flexibility index (Phi) is 4.86. The lowest BCUT2D eigenvalue weighted by Crippen LogP contribution is -2.01. The molecule has 154 valence electrons. The molecule has 0 saturated heterocycles. The summed E-state index contributed by atoms with van der Waals surface area (Å²) in [5.74, 6) is 1.21. The maximum absolute atomic E-state index is 13.1. The number of halogens is 1. The van der Waals surface area contributed by atoms with Crippen molar-refractivity contribution in [2.45, 2.75) is 19.8 Å². The maximum Gasteiger partial charge on any atom is 0.231 e. The number of benzene rings is 3. The third-order valence-corrected chi connectivity index (χ3v) is 5.53. The van der Waals surface area contributed by atoms with Crippen molar-refractivity contribution < 1.29 is 18.7 Å². The number of rotatable bonds is 5. The molecule has 5 heteroatoms. The maximum atomic E-state index is 13.1. The minimum atomic E-state index is -0.246. The van der Waals surface area contributed by atoms with Crippen LogP contribution in [-0.2, 0) is 12.8 Å². The summed E-state index contributed by atoms with van der Waals surface area (Å²) in [6.45, 7) is 1.81.